The first kappa shape index (κ1) is 10.2. The molecule has 0 saturated carbocycles. The highest BCUT2D eigenvalue weighted by molar-refractivity contribution is 7.18. The molecule has 0 radical (unpaired) electrons. The van der Waals surface area contributed by atoms with Gasteiger partial charge in [0.05, 0.1) is 15.2 Å². The molecule has 4 heteroatoms. The smallest absolute Gasteiger partial charge is 0.130 e. The van der Waals surface area contributed by atoms with Crippen LogP contribution in [0.3, 0.4) is 0 Å². The third-order valence-corrected chi connectivity index (χ3v) is 4.03. The lowest BCUT2D eigenvalue weighted by atomic mass is 10.0. The van der Waals surface area contributed by atoms with Crippen molar-refractivity contribution in [3.8, 4) is 0 Å². The minimum Gasteiger partial charge on any atom is -0.313 e. The lowest BCUT2D eigenvalue weighted by molar-refractivity contribution is 0.190. The molecule has 84 valence electrons. The summed E-state index contributed by atoms with van der Waals surface area (Å²) in [6.07, 6.45) is 1.04. The SMILES string of the molecule is FC1(Cc2nc3ccccc3s2)CCNC1. The van der Waals surface area contributed by atoms with Crippen LogP contribution in [0.2, 0.25) is 0 Å². The van der Waals surface area contributed by atoms with Crippen LogP contribution in [-0.2, 0) is 6.42 Å². The van der Waals surface area contributed by atoms with Crippen LogP contribution in [0.25, 0.3) is 10.2 Å². The Kier molecular flexibility index (Phi) is 2.41. The predicted molar refractivity (Wildman–Crippen MR) is 64.6 cm³/mol. The second kappa shape index (κ2) is 3.79. The Balaban J connectivity index is 1.89. The number of halogens is 1. The maximum Gasteiger partial charge on any atom is 0.130 e. The van der Waals surface area contributed by atoms with E-state index in [2.05, 4.69) is 10.3 Å². The van der Waals surface area contributed by atoms with Gasteiger partial charge in [0.1, 0.15) is 5.67 Å². The van der Waals surface area contributed by atoms with Gasteiger partial charge < -0.3 is 5.32 Å². The molecule has 2 heterocycles. The summed E-state index contributed by atoms with van der Waals surface area (Å²) in [7, 11) is 0. The molecule has 1 unspecified atom stereocenters. The van der Waals surface area contributed by atoms with Gasteiger partial charge in [-0.2, -0.15) is 0 Å². The molecule has 1 N–H and O–H groups in total. The standard InChI is InChI=1S/C12H13FN2S/c13-12(5-6-14-8-12)7-11-15-9-3-1-2-4-10(9)16-11/h1-4,14H,5-8H2. The molecule has 1 aromatic carbocycles. The Hall–Kier alpha value is -1.00. The molecule has 1 aromatic heterocycles. The molecule has 0 amide bonds. The molecule has 16 heavy (non-hydrogen) atoms. The van der Waals surface area contributed by atoms with Crippen LogP contribution in [0.1, 0.15) is 11.4 Å². The fourth-order valence-corrected chi connectivity index (χ4v) is 3.22. The van der Waals surface area contributed by atoms with Gasteiger partial charge in [-0.3, -0.25) is 0 Å². The fraction of sp³-hybridized carbons (Fsp3) is 0.417. The Labute approximate surface area is 97.5 Å². The summed E-state index contributed by atoms with van der Waals surface area (Å²) in [5.41, 5.74) is -0.106. The van der Waals surface area contributed by atoms with E-state index in [0.29, 0.717) is 19.4 Å². The zero-order valence-corrected chi connectivity index (χ0v) is 9.69. The third kappa shape index (κ3) is 1.83. The van der Waals surface area contributed by atoms with Crippen LogP contribution >= 0.6 is 11.3 Å². The summed E-state index contributed by atoms with van der Waals surface area (Å²) in [5, 5.41) is 3.98. The number of nitrogens with one attached hydrogen (secondary N) is 1. The number of thiazole rings is 1. The minimum absolute atomic E-state index is 0.444. The van der Waals surface area contributed by atoms with Crippen molar-refractivity contribution in [2.75, 3.05) is 13.1 Å². The summed E-state index contributed by atoms with van der Waals surface area (Å²) in [5.74, 6) is 0. The van der Waals surface area contributed by atoms with Crippen LogP contribution in [0.4, 0.5) is 4.39 Å². The van der Waals surface area contributed by atoms with E-state index in [4.69, 9.17) is 0 Å². The average Bonchev–Trinajstić information content (AvgIpc) is 2.84. The van der Waals surface area contributed by atoms with Crippen LogP contribution in [-0.4, -0.2) is 23.7 Å². The predicted octanol–water partition coefficient (Wildman–Crippen LogP) is 2.54. The van der Waals surface area contributed by atoms with E-state index >= 15 is 0 Å². The van der Waals surface area contributed by atoms with Crippen molar-refractivity contribution in [3.63, 3.8) is 0 Å². The molecular formula is C12H13FN2S. The summed E-state index contributed by atoms with van der Waals surface area (Å²) in [6, 6.07) is 7.97. The maximum absolute atomic E-state index is 14.2. The molecular weight excluding hydrogens is 223 g/mol. The van der Waals surface area contributed by atoms with Crippen molar-refractivity contribution < 1.29 is 4.39 Å². The van der Waals surface area contributed by atoms with Crippen molar-refractivity contribution in [3.05, 3.63) is 29.3 Å². The fourth-order valence-electron chi connectivity index (χ4n) is 2.13. The minimum atomic E-state index is -1.09. The van der Waals surface area contributed by atoms with Crippen molar-refractivity contribution >= 4 is 21.6 Å². The molecule has 0 bridgehead atoms. The second-order valence-corrected chi connectivity index (χ2v) is 5.44. The zero-order chi connectivity index (χ0) is 11.0. The number of benzene rings is 1. The molecule has 1 aliphatic rings. The second-order valence-electron chi connectivity index (χ2n) is 4.33. The molecule has 2 aromatic rings. The summed E-state index contributed by atoms with van der Waals surface area (Å²) >= 11 is 1.60. The van der Waals surface area contributed by atoms with Gasteiger partial charge in [0.25, 0.3) is 0 Å². The third-order valence-electron chi connectivity index (χ3n) is 3.00. The van der Waals surface area contributed by atoms with Crippen LogP contribution in [0.5, 0.6) is 0 Å². The van der Waals surface area contributed by atoms with Crippen LogP contribution in [0, 0.1) is 0 Å². The average molecular weight is 236 g/mol. The lowest BCUT2D eigenvalue weighted by Gasteiger charge is -2.15. The maximum atomic E-state index is 14.2. The summed E-state index contributed by atoms with van der Waals surface area (Å²) < 4.78 is 15.4. The first-order valence-electron chi connectivity index (χ1n) is 5.49. The number of para-hydroxylation sites is 1. The topological polar surface area (TPSA) is 24.9 Å². The molecule has 1 aliphatic heterocycles. The Morgan fingerprint density at radius 1 is 1.44 bits per heavy atom. The van der Waals surface area contributed by atoms with Crippen molar-refractivity contribution in [1.82, 2.24) is 10.3 Å². The highest BCUT2D eigenvalue weighted by Gasteiger charge is 2.34. The number of alkyl halides is 1. The Morgan fingerprint density at radius 3 is 3.06 bits per heavy atom. The van der Waals surface area contributed by atoms with Gasteiger partial charge in [0.15, 0.2) is 0 Å². The number of aromatic nitrogens is 1. The normalized spacial score (nSPS) is 25.3. The van der Waals surface area contributed by atoms with E-state index < -0.39 is 5.67 Å². The number of hydrogen-bond acceptors (Lipinski definition) is 3. The molecule has 0 spiro atoms. The molecule has 2 nitrogen and oxygen atoms in total. The number of fused-ring (bicyclic) bond motifs is 1. The summed E-state index contributed by atoms with van der Waals surface area (Å²) in [4.78, 5) is 4.47. The summed E-state index contributed by atoms with van der Waals surface area (Å²) in [6.45, 7) is 1.24. The lowest BCUT2D eigenvalue weighted by Crippen LogP contribution is -2.28. The highest BCUT2D eigenvalue weighted by Crippen LogP contribution is 2.29. The number of nitrogens with zero attached hydrogens (tertiary/aromatic N) is 1. The largest absolute Gasteiger partial charge is 0.313 e. The first-order valence-corrected chi connectivity index (χ1v) is 6.31. The molecule has 1 saturated heterocycles. The van der Waals surface area contributed by atoms with Gasteiger partial charge >= 0.3 is 0 Å². The first-order chi connectivity index (χ1) is 7.75. The van der Waals surface area contributed by atoms with Gasteiger partial charge in [0.2, 0.25) is 0 Å². The van der Waals surface area contributed by atoms with Crippen molar-refractivity contribution in [1.29, 1.82) is 0 Å². The zero-order valence-electron chi connectivity index (χ0n) is 8.87. The highest BCUT2D eigenvalue weighted by atomic mass is 32.1. The quantitative estimate of drug-likeness (QED) is 0.866. The van der Waals surface area contributed by atoms with E-state index in [0.717, 1.165) is 21.8 Å². The van der Waals surface area contributed by atoms with Crippen LogP contribution in [0.15, 0.2) is 24.3 Å². The Bertz CT molecular complexity index is 469. The molecule has 3 rings (SSSR count). The van der Waals surface area contributed by atoms with E-state index in [1.807, 2.05) is 24.3 Å². The van der Waals surface area contributed by atoms with Gasteiger partial charge in [-0.15, -0.1) is 11.3 Å². The van der Waals surface area contributed by atoms with E-state index in [-0.39, 0.29) is 0 Å². The van der Waals surface area contributed by atoms with E-state index in [1.165, 1.54) is 0 Å². The van der Waals surface area contributed by atoms with E-state index in [1.54, 1.807) is 11.3 Å². The van der Waals surface area contributed by atoms with Gasteiger partial charge in [0, 0.05) is 13.0 Å². The van der Waals surface area contributed by atoms with Gasteiger partial charge in [-0.25, -0.2) is 9.37 Å². The van der Waals surface area contributed by atoms with Gasteiger partial charge in [-0.05, 0) is 25.1 Å². The molecule has 1 fully saturated rings. The monoisotopic (exact) mass is 236 g/mol. The van der Waals surface area contributed by atoms with Crippen molar-refractivity contribution in [2.45, 2.75) is 18.5 Å². The Morgan fingerprint density at radius 2 is 2.31 bits per heavy atom. The number of hydrogen-bond donors (Lipinski definition) is 1. The van der Waals surface area contributed by atoms with E-state index in [9.17, 15) is 4.39 Å². The van der Waals surface area contributed by atoms with Gasteiger partial charge in [-0.1, -0.05) is 12.1 Å². The van der Waals surface area contributed by atoms with Crippen LogP contribution < -0.4 is 5.32 Å². The van der Waals surface area contributed by atoms with Crippen molar-refractivity contribution in [2.24, 2.45) is 0 Å². The molecule has 1 atom stereocenters. The molecule has 0 aliphatic carbocycles. The number of rotatable bonds is 2.